The van der Waals surface area contributed by atoms with Crippen molar-refractivity contribution >= 4 is 5.78 Å². The van der Waals surface area contributed by atoms with Crippen LogP contribution in [0.15, 0.2) is 66.9 Å². The van der Waals surface area contributed by atoms with E-state index < -0.39 is 16.6 Å². The zero-order valence-corrected chi connectivity index (χ0v) is 20.6. The van der Waals surface area contributed by atoms with Gasteiger partial charge in [0.15, 0.2) is 5.78 Å². The summed E-state index contributed by atoms with van der Waals surface area (Å²) in [4.78, 5) is 17.7. The normalized spacial score (nSPS) is 29.9. The molecule has 182 valence electrons. The predicted octanol–water partition coefficient (Wildman–Crippen LogP) is 5.25. The molecule has 0 bridgehead atoms. The van der Waals surface area contributed by atoms with Crippen LogP contribution in [-0.2, 0) is 17.6 Å². The second-order valence-corrected chi connectivity index (χ2v) is 10.5. The molecule has 4 unspecified atom stereocenters. The monoisotopic (exact) mass is 471 g/mol. The van der Waals surface area contributed by atoms with Crippen molar-refractivity contribution in [2.45, 2.75) is 69.7 Å². The first-order valence-electron chi connectivity index (χ1n) is 12.4. The van der Waals surface area contributed by atoms with E-state index in [1.807, 2.05) is 67.6 Å². The Labute approximate surface area is 206 Å². The van der Waals surface area contributed by atoms with Gasteiger partial charge in [-0.2, -0.15) is 0 Å². The molecule has 3 aromatic rings. The molecule has 2 aliphatic carbocycles. The third-order valence-electron chi connectivity index (χ3n) is 8.53. The van der Waals surface area contributed by atoms with Crippen molar-refractivity contribution < 1.29 is 19.7 Å². The molecule has 0 radical (unpaired) electrons. The molecule has 2 aromatic carbocycles. The second-order valence-electron chi connectivity index (χ2n) is 10.5. The number of benzene rings is 2. The Morgan fingerprint density at radius 3 is 2.57 bits per heavy atom. The van der Waals surface area contributed by atoms with E-state index in [0.717, 1.165) is 23.2 Å². The Kier molecular flexibility index (Phi) is 5.81. The van der Waals surface area contributed by atoms with E-state index in [2.05, 4.69) is 11.9 Å². The highest BCUT2D eigenvalue weighted by molar-refractivity contribution is 6.00. The Morgan fingerprint density at radius 2 is 1.86 bits per heavy atom. The summed E-state index contributed by atoms with van der Waals surface area (Å²) in [5.74, 6) is 0.644. The summed E-state index contributed by atoms with van der Waals surface area (Å²) < 4.78 is 6.04. The Hall–Kier alpha value is -3.02. The van der Waals surface area contributed by atoms with Crippen molar-refractivity contribution in [2.24, 2.45) is 5.92 Å². The zero-order valence-electron chi connectivity index (χ0n) is 20.6. The molecule has 0 aliphatic heterocycles. The van der Waals surface area contributed by atoms with E-state index in [-0.39, 0.29) is 11.7 Å². The largest absolute Gasteiger partial charge is 0.489 e. The van der Waals surface area contributed by atoms with Gasteiger partial charge in [-0.1, -0.05) is 49.4 Å². The van der Waals surface area contributed by atoms with E-state index in [4.69, 9.17) is 4.74 Å². The lowest BCUT2D eigenvalue weighted by molar-refractivity contribution is -0.203. The highest BCUT2D eigenvalue weighted by Gasteiger charge is 2.61. The van der Waals surface area contributed by atoms with Crippen LogP contribution >= 0.6 is 0 Å². The molecule has 4 atom stereocenters. The number of pyridine rings is 1. The van der Waals surface area contributed by atoms with Gasteiger partial charge in [-0.3, -0.25) is 9.78 Å². The van der Waals surface area contributed by atoms with Crippen molar-refractivity contribution in [1.82, 2.24) is 4.98 Å². The molecule has 2 aliphatic rings. The van der Waals surface area contributed by atoms with Gasteiger partial charge in [0.1, 0.15) is 18.0 Å². The minimum Gasteiger partial charge on any atom is -0.489 e. The quantitative estimate of drug-likeness (QED) is 0.531. The molecule has 1 fully saturated rings. The van der Waals surface area contributed by atoms with Crippen molar-refractivity contribution in [2.75, 3.05) is 0 Å². The zero-order chi connectivity index (χ0) is 24.8. The van der Waals surface area contributed by atoms with Gasteiger partial charge in [0, 0.05) is 34.9 Å². The topological polar surface area (TPSA) is 79.7 Å². The Balaban J connectivity index is 1.50. The second kappa shape index (κ2) is 8.58. The van der Waals surface area contributed by atoms with E-state index in [1.54, 1.807) is 13.1 Å². The maximum Gasteiger partial charge on any atom is 0.163 e. The van der Waals surface area contributed by atoms with Crippen LogP contribution in [0.2, 0.25) is 0 Å². The van der Waals surface area contributed by atoms with Crippen molar-refractivity contribution in [3.8, 4) is 5.75 Å². The van der Waals surface area contributed by atoms with Gasteiger partial charge in [-0.05, 0) is 68.4 Å². The predicted molar refractivity (Wildman–Crippen MR) is 134 cm³/mol. The van der Waals surface area contributed by atoms with Crippen LogP contribution in [0.3, 0.4) is 0 Å². The lowest BCUT2D eigenvalue weighted by Gasteiger charge is -2.58. The number of aryl methyl sites for hydroxylation is 1. The fourth-order valence-corrected chi connectivity index (χ4v) is 6.45. The number of aliphatic hydroxyl groups is 2. The molecule has 2 N–H and O–H groups in total. The average molecular weight is 472 g/mol. The summed E-state index contributed by atoms with van der Waals surface area (Å²) in [7, 11) is 0. The molecule has 0 amide bonds. The number of Topliss-reactive ketones (excluding diaryl/α,β-unsaturated/α-hetero) is 1. The lowest BCUT2D eigenvalue weighted by atomic mass is 9.48. The first kappa shape index (κ1) is 23.7. The fourth-order valence-electron chi connectivity index (χ4n) is 6.45. The molecular weight excluding hydrogens is 438 g/mol. The molecule has 1 saturated carbocycles. The number of fused-ring (bicyclic) bond motifs is 3. The Bertz CT molecular complexity index is 1250. The number of carbonyl (C=O) groups is 1. The molecule has 35 heavy (non-hydrogen) atoms. The van der Waals surface area contributed by atoms with E-state index >= 15 is 0 Å². The first-order chi connectivity index (χ1) is 16.7. The highest BCUT2D eigenvalue weighted by atomic mass is 16.5. The third kappa shape index (κ3) is 3.78. The average Bonchev–Trinajstić information content (AvgIpc) is 2.85. The SMILES string of the molecule is CCC12CC(C)(O)C(O)(c3ccccc3)CC1CC(=O)c1cc(OCc3cccnc3C)ccc12. The van der Waals surface area contributed by atoms with Crippen LogP contribution in [0.4, 0.5) is 0 Å². The number of ether oxygens (including phenoxy) is 1. The van der Waals surface area contributed by atoms with Gasteiger partial charge in [0.05, 0.1) is 5.60 Å². The summed E-state index contributed by atoms with van der Waals surface area (Å²) in [6.07, 6.45) is 3.59. The maximum absolute atomic E-state index is 13.4. The van der Waals surface area contributed by atoms with Crippen LogP contribution in [-0.4, -0.2) is 26.6 Å². The van der Waals surface area contributed by atoms with E-state index in [0.29, 0.717) is 42.7 Å². The standard InChI is InChI=1S/C30H33NO4/c1-4-29-19-28(3,33)30(34,22-10-6-5-7-11-22)17-23(29)15-27(32)25-16-24(12-13-26(25)29)35-18-21-9-8-14-31-20(21)2/h5-14,16,23,33-34H,4,15,17-19H2,1-3H3. The highest BCUT2D eigenvalue weighted by Crippen LogP contribution is 2.60. The summed E-state index contributed by atoms with van der Waals surface area (Å²) in [6, 6.07) is 19.0. The van der Waals surface area contributed by atoms with Crippen molar-refractivity contribution in [1.29, 1.82) is 0 Å². The number of rotatable bonds is 5. The molecular formula is C30H33NO4. The molecule has 5 rings (SSSR count). The van der Waals surface area contributed by atoms with Gasteiger partial charge in [0.2, 0.25) is 0 Å². The summed E-state index contributed by atoms with van der Waals surface area (Å²) in [5, 5.41) is 23.5. The van der Waals surface area contributed by atoms with Crippen LogP contribution in [0.1, 0.15) is 72.3 Å². The molecule has 5 nitrogen and oxygen atoms in total. The maximum atomic E-state index is 13.4. The van der Waals surface area contributed by atoms with E-state index in [9.17, 15) is 15.0 Å². The number of hydrogen-bond donors (Lipinski definition) is 2. The number of hydrogen-bond acceptors (Lipinski definition) is 5. The third-order valence-corrected chi connectivity index (χ3v) is 8.53. The van der Waals surface area contributed by atoms with Crippen LogP contribution in [0, 0.1) is 12.8 Å². The van der Waals surface area contributed by atoms with Gasteiger partial charge < -0.3 is 14.9 Å². The molecule has 0 saturated heterocycles. The van der Waals surface area contributed by atoms with Gasteiger partial charge >= 0.3 is 0 Å². The number of ketones is 1. The molecule has 1 aromatic heterocycles. The minimum atomic E-state index is -1.42. The number of nitrogens with zero attached hydrogens (tertiary/aromatic N) is 1. The number of aromatic nitrogens is 1. The smallest absolute Gasteiger partial charge is 0.163 e. The Morgan fingerprint density at radius 1 is 1.09 bits per heavy atom. The molecule has 5 heteroatoms. The van der Waals surface area contributed by atoms with E-state index in [1.165, 1.54) is 0 Å². The van der Waals surface area contributed by atoms with Crippen LogP contribution < -0.4 is 4.74 Å². The van der Waals surface area contributed by atoms with Crippen molar-refractivity contribution in [3.05, 3.63) is 94.8 Å². The summed E-state index contributed by atoms with van der Waals surface area (Å²) in [5.41, 5.74) is 1.08. The minimum absolute atomic E-state index is 0.0639. The molecule has 1 heterocycles. The van der Waals surface area contributed by atoms with Crippen molar-refractivity contribution in [3.63, 3.8) is 0 Å². The summed E-state index contributed by atoms with van der Waals surface area (Å²) in [6.45, 7) is 6.18. The van der Waals surface area contributed by atoms with Gasteiger partial charge in [0.25, 0.3) is 0 Å². The fraction of sp³-hybridized carbons (Fsp3) is 0.400. The summed E-state index contributed by atoms with van der Waals surface area (Å²) >= 11 is 0. The first-order valence-corrected chi connectivity index (χ1v) is 12.4. The molecule has 0 spiro atoms. The van der Waals surface area contributed by atoms with Crippen LogP contribution in [0.25, 0.3) is 0 Å². The number of carbonyl (C=O) groups excluding carboxylic acids is 1. The van der Waals surface area contributed by atoms with Crippen LogP contribution in [0.5, 0.6) is 5.75 Å². The van der Waals surface area contributed by atoms with Gasteiger partial charge in [-0.25, -0.2) is 0 Å². The van der Waals surface area contributed by atoms with Gasteiger partial charge in [-0.15, -0.1) is 0 Å². The lowest BCUT2D eigenvalue weighted by Crippen LogP contribution is -2.62.